The molecule has 0 bridgehead atoms. The number of hydrogen-bond donors (Lipinski definition) is 2. The highest BCUT2D eigenvalue weighted by molar-refractivity contribution is 7.22. The third-order valence-electron chi connectivity index (χ3n) is 2.57. The first-order valence-corrected chi connectivity index (χ1v) is 6.51. The lowest BCUT2D eigenvalue weighted by Crippen LogP contribution is -2.28. The number of amides is 1. The standard InChI is InChI=1S/C13H11N3O2S/c1-8-4-5-9-11(7-8)19-13(14-9)16-15-12(17)10-3-2-6-18-10/h2-7H,1H3,(H,14,16)(H,15,17). The van der Waals surface area contributed by atoms with Gasteiger partial charge in [0.05, 0.1) is 16.5 Å². The van der Waals surface area contributed by atoms with Crippen molar-refractivity contribution in [1.29, 1.82) is 0 Å². The van der Waals surface area contributed by atoms with Crippen molar-refractivity contribution in [3.63, 3.8) is 0 Å². The second-order valence-corrected chi connectivity index (χ2v) is 5.08. The van der Waals surface area contributed by atoms with Crippen LogP contribution >= 0.6 is 11.3 Å². The number of furan rings is 1. The summed E-state index contributed by atoms with van der Waals surface area (Å²) in [6, 6.07) is 9.29. The molecule has 96 valence electrons. The molecule has 0 atom stereocenters. The molecule has 1 aromatic carbocycles. The molecule has 0 saturated heterocycles. The number of benzene rings is 1. The van der Waals surface area contributed by atoms with E-state index in [-0.39, 0.29) is 11.7 Å². The monoisotopic (exact) mass is 273 g/mol. The SMILES string of the molecule is Cc1ccc2nc(NNC(=O)c3ccco3)sc2c1. The lowest BCUT2D eigenvalue weighted by Gasteiger charge is -2.02. The van der Waals surface area contributed by atoms with Crippen molar-refractivity contribution in [1.82, 2.24) is 10.4 Å². The van der Waals surface area contributed by atoms with Gasteiger partial charge in [-0.3, -0.25) is 15.6 Å². The molecule has 0 unspecified atom stereocenters. The molecular weight excluding hydrogens is 262 g/mol. The van der Waals surface area contributed by atoms with Crippen molar-refractivity contribution < 1.29 is 9.21 Å². The largest absolute Gasteiger partial charge is 0.459 e. The Morgan fingerprint density at radius 1 is 1.37 bits per heavy atom. The Bertz CT molecular complexity index is 719. The van der Waals surface area contributed by atoms with Gasteiger partial charge in [0.2, 0.25) is 5.13 Å². The fraction of sp³-hybridized carbons (Fsp3) is 0.0769. The summed E-state index contributed by atoms with van der Waals surface area (Å²) in [4.78, 5) is 16.0. The minimum Gasteiger partial charge on any atom is -0.459 e. The quantitative estimate of drug-likeness (QED) is 0.720. The van der Waals surface area contributed by atoms with Crippen LogP contribution in [-0.4, -0.2) is 10.9 Å². The van der Waals surface area contributed by atoms with Gasteiger partial charge in [0, 0.05) is 0 Å². The Morgan fingerprint density at radius 2 is 2.26 bits per heavy atom. The molecule has 2 aromatic heterocycles. The van der Waals surface area contributed by atoms with E-state index >= 15 is 0 Å². The van der Waals surface area contributed by atoms with Crippen molar-refractivity contribution in [3.8, 4) is 0 Å². The number of hydrogen-bond acceptors (Lipinski definition) is 5. The molecule has 0 aliphatic carbocycles. The van der Waals surface area contributed by atoms with E-state index in [2.05, 4.69) is 21.9 Å². The average Bonchev–Trinajstić information content (AvgIpc) is 3.04. The predicted molar refractivity (Wildman–Crippen MR) is 74.2 cm³/mol. The van der Waals surface area contributed by atoms with Crippen LogP contribution in [0.2, 0.25) is 0 Å². The molecule has 3 rings (SSSR count). The summed E-state index contributed by atoms with van der Waals surface area (Å²) in [6.07, 6.45) is 1.45. The molecule has 0 saturated carbocycles. The van der Waals surface area contributed by atoms with Gasteiger partial charge in [-0.05, 0) is 36.8 Å². The van der Waals surface area contributed by atoms with Crippen molar-refractivity contribution in [2.75, 3.05) is 5.43 Å². The average molecular weight is 273 g/mol. The third kappa shape index (κ3) is 2.43. The second-order valence-electron chi connectivity index (χ2n) is 4.05. The highest BCUT2D eigenvalue weighted by atomic mass is 32.1. The van der Waals surface area contributed by atoms with E-state index in [9.17, 15) is 4.79 Å². The van der Waals surface area contributed by atoms with E-state index < -0.39 is 0 Å². The third-order valence-corrected chi connectivity index (χ3v) is 3.51. The van der Waals surface area contributed by atoms with Crippen LogP contribution in [0.25, 0.3) is 10.2 Å². The molecule has 0 radical (unpaired) electrons. The van der Waals surface area contributed by atoms with Gasteiger partial charge in [-0.15, -0.1) is 0 Å². The van der Waals surface area contributed by atoms with Crippen LogP contribution in [0.3, 0.4) is 0 Å². The lowest BCUT2D eigenvalue weighted by molar-refractivity contribution is 0.0935. The van der Waals surface area contributed by atoms with Crippen molar-refractivity contribution in [2.45, 2.75) is 6.92 Å². The predicted octanol–water partition coefficient (Wildman–Crippen LogP) is 2.95. The highest BCUT2D eigenvalue weighted by Gasteiger charge is 2.09. The number of anilines is 1. The summed E-state index contributed by atoms with van der Waals surface area (Å²) in [6.45, 7) is 2.03. The Kier molecular flexibility index (Phi) is 2.92. The van der Waals surface area contributed by atoms with E-state index in [0.29, 0.717) is 5.13 Å². The maximum Gasteiger partial charge on any atom is 0.305 e. The van der Waals surface area contributed by atoms with Crippen molar-refractivity contribution in [2.24, 2.45) is 0 Å². The molecular formula is C13H11N3O2S. The first-order valence-electron chi connectivity index (χ1n) is 5.69. The Balaban J connectivity index is 1.73. The van der Waals surface area contributed by atoms with Crippen LogP contribution in [0, 0.1) is 6.92 Å². The van der Waals surface area contributed by atoms with Crippen LogP contribution in [0.5, 0.6) is 0 Å². The summed E-state index contributed by atoms with van der Waals surface area (Å²) in [5.41, 5.74) is 7.42. The summed E-state index contributed by atoms with van der Waals surface area (Å²) in [5, 5.41) is 0.639. The Morgan fingerprint density at radius 3 is 3.05 bits per heavy atom. The first kappa shape index (κ1) is 11.7. The van der Waals surface area contributed by atoms with Gasteiger partial charge in [-0.1, -0.05) is 17.4 Å². The molecule has 2 heterocycles. The van der Waals surface area contributed by atoms with E-state index in [1.165, 1.54) is 23.2 Å². The molecule has 0 fully saturated rings. The number of fused-ring (bicyclic) bond motifs is 1. The van der Waals surface area contributed by atoms with Crippen LogP contribution in [0.1, 0.15) is 16.1 Å². The molecule has 1 amide bonds. The second kappa shape index (κ2) is 4.74. The topological polar surface area (TPSA) is 67.2 Å². The van der Waals surface area contributed by atoms with E-state index in [4.69, 9.17) is 4.42 Å². The van der Waals surface area contributed by atoms with E-state index in [0.717, 1.165) is 10.2 Å². The number of aryl methyl sites for hydroxylation is 1. The van der Waals surface area contributed by atoms with E-state index in [1.807, 2.05) is 19.1 Å². The Labute approximate surface area is 113 Å². The van der Waals surface area contributed by atoms with Crippen LogP contribution in [0.4, 0.5) is 5.13 Å². The number of thiazole rings is 1. The minimum atomic E-state index is -0.333. The number of carbonyl (C=O) groups is 1. The van der Waals surface area contributed by atoms with Gasteiger partial charge >= 0.3 is 5.91 Å². The van der Waals surface area contributed by atoms with Gasteiger partial charge in [0.25, 0.3) is 0 Å². The van der Waals surface area contributed by atoms with Gasteiger partial charge < -0.3 is 4.42 Å². The van der Waals surface area contributed by atoms with Crippen LogP contribution in [-0.2, 0) is 0 Å². The molecule has 2 N–H and O–H groups in total. The maximum absolute atomic E-state index is 11.7. The Hall–Kier alpha value is -2.34. The first-order chi connectivity index (χ1) is 9.22. The summed E-state index contributed by atoms with van der Waals surface area (Å²) >= 11 is 1.48. The summed E-state index contributed by atoms with van der Waals surface area (Å²) < 4.78 is 6.07. The van der Waals surface area contributed by atoms with Crippen molar-refractivity contribution in [3.05, 3.63) is 47.9 Å². The number of aromatic nitrogens is 1. The van der Waals surface area contributed by atoms with Gasteiger partial charge in [0.15, 0.2) is 5.76 Å². The van der Waals surface area contributed by atoms with Gasteiger partial charge in [-0.2, -0.15) is 0 Å². The molecule has 0 aliphatic rings. The summed E-state index contributed by atoms with van der Waals surface area (Å²) in [5.74, 6) is -0.0788. The molecule has 5 nitrogen and oxygen atoms in total. The number of rotatable bonds is 3. The molecule has 6 heteroatoms. The van der Waals surface area contributed by atoms with Crippen LogP contribution in [0.15, 0.2) is 41.0 Å². The molecule has 0 spiro atoms. The normalized spacial score (nSPS) is 10.6. The lowest BCUT2D eigenvalue weighted by atomic mass is 10.2. The zero-order valence-corrected chi connectivity index (χ0v) is 11.0. The fourth-order valence-electron chi connectivity index (χ4n) is 1.66. The van der Waals surface area contributed by atoms with Gasteiger partial charge in [-0.25, -0.2) is 4.98 Å². The molecule has 19 heavy (non-hydrogen) atoms. The summed E-state index contributed by atoms with van der Waals surface area (Å²) in [7, 11) is 0. The highest BCUT2D eigenvalue weighted by Crippen LogP contribution is 2.26. The van der Waals surface area contributed by atoms with Crippen molar-refractivity contribution >= 4 is 32.6 Å². The number of nitrogens with one attached hydrogen (secondary N) is 2. The van der Waals surface area contributed by atoms with Gasteiger partial charge in [0.1, 0.15) is 0 Å². The zero-order chi connectivity index (χ0) is 13.2. The smallest absolute Gasteiger partial charge is 0.305 e. The maximum atomic E-state index is 11.7. The molecule has 3 aromatic rings. The minimum absolute atomic E-state index is 0.254. The zero-order valence-electron chi connectivity index (χ0n) is 10.1. The van der Waals surface area contributed by atoms with E-state index in [1.54, 1.807) is 12.1 Å². The number of carbonyl (C=O) groups excluding carboxylic acids is 1. The number of hydrazine groups is 1. The van der Waals surface area contributed by atoms with Crippen LogP contribution < -0.4 is 10.9 Å². The fourth-order valence-corrected chi connectivity index (χ4v) is 2.58. The number of nitrogens with zero attached hydrogens (tertiary/aromatic N) is 1. The molecule has 0 aliphatic heterocycles.